The molecule has 0 unspecified atom stereocenters. The minimum atomic E-state index is -0.926. The SMILES string of the molecule is Cc1nc(Cc2nc(-c3cccc(C(=O)O)c3)cs2)cs1. The van der Waals surface area contributed by atoms with Crippen LogP contribution in [0.2, 0.25) is 0 Å². The zero-order valence-corrected chi connectivity index (χ0v) is 12.9. The minimum absolute atomic E-state index is 0.275. The zero-order valence-electron chi connectivity index (χ0n) is 11.2. The van der Waals surface area contributed by atoms with Gasteiger partial charge in [0.2, 0.25) is 0 Å². The van der Waals surface area contributed by atoms with E-state index in [0.29, 0.717) is 6.42 Å². The normalized spacial score (nSPS) is 10.7. The van der Waals surface area contributed by atoms with E-state index in [0.717, 1.165) is 27.0 Å². The molecule has 21 heavy (non-hydrogen) atoms. The van der Waals surface area contributed by atoms with Crippen LogP contribution >= 0.6 is 22.7 Å². The van der Waals surface area contributed by atoms with Crippen LogP contribution in [-0.4, -0.2) is 21.0 Å². The Morgan fingerprint density at radius 3 is 2.81 bits per heavy atom. The van der Waals surface area contributed by atoms with Gasteiger partial charge in [0, 0.05) is 22.7 Å². The number of thiazole rings is 2. The first kappa shape index (κ1) is 13.9. The second-order valence-corrected chi connectivity index (χ2v) is 6.55. The van der Waals surface area contributed by atoms with Crippen LogP contribution in [0.4, 0.5) is 0 Å². The Labute approximate surface area is 129 Å². The number of carbonyl (C=O) groups is 1. The molecule has 1 aromatic carbocycles. The molecule has 0 saturated heterocycles. The summed E-state index contributed by atoms with van der Waals surface area (Å²) in [7, 11) is 0. The van der Waals surface area contributed by atoms with Crippen LogP contribution in [0.25, 0.3) is 11.3 Å². The number of hydrogen-bond donors (Lipinski definition) is 1. The van der Waals surface area contributed by atoms with Crippen molar-refractivity contribution >= 4 is 28.6 Å². The van der Waals surface area contributed by atoms with Gasteiger partial charge in [0.05, 0.1) is 27.0 Å². The summed E-state index contributed by atoms with van der Waals surface area (Å²) < 4.78 is 0. The van der Waals surface area contributed by atoms with Crippen LogP contribution in [0.3, 0.4) is 0 Å². The molecule has 106 valence electrons. The molecule has 0 amide bonds. The Morgan fingerprint density at radius 1 is 1.24 bits per heavy atom. The highest BCUT2D eigenvalue weighted by Crippen LogP contribution is 2.24. The molecule has 6 heteroatoms. The molecular weight excluding hydrogens is 304 g/mol. The number of carboxylic acids is 1. The van der Waals surface area contributed by atoms with Crippen molar-refractivity contribution in [2.45, 2.75) is 13.3 Å². The molecule has 4 nitrogen and oxygen atoms in total. The molecule has 0 spiro atoms. The van der Waals surface area contributed by atoms with E-state index in [1.165, 1.54) is 0 Å². The van der Waals surface area contributed by atoms with Gasteiger partial charge in [0.25, 0.3) is 0 Å². The van der Waals surface area contributed by atoms with Gasteiger partial charge in [-0.2, -0.15) is 0 Å². The topological polar surface area (TPSA) is 63.1 Å². The van der Waals surface area contributed by atoms with E-state index in [1.54, 1.807) is 40.9 Å². The van der Waals surface area contributed by atoms with E-state index >= 15 is 0 Å². The molecule has 0 bridgehead atoms. The summed E-state index contributed by atoms with van der Waals surface area (Å²) in [6, 6.07) is 6.84. The van der Waals surface area contributed by atoms with Gasteiger partial charge in [-0.1, -0.05) is 12.1 Å². The highest BCUT2D eigenvalue weighted by atomic mass is 32.1. The molecule has 3 aromatic rings. The van der Waals surface area contributed by atoms with Gasteiger partial charge in [-0.15, -0.1) is 22.7 Å². The smallest absolute Gasteiger partial charge is 0.335 e. The van der Waals surface area contributed by atoms with Crippen LogP contribution in [0.15, 0.2) is 35.0 Å². The summed E-state index contributed by atoms with van der Waals surface area (Å²) in [4.78, 5) is 20.0. The predicted octanol–water partition coefficient (Wildman–Crippen LogP) is 3.86. The maximum atomic E-state index is 11.0. The zero-order chi connectivity index (χ0) is 14.8. The van der Waals surface area contributed by atoms with Crippen molar-refractivity contribution in [2.24, 2.45) is 0 Å². The molecule has 0 aliphatic rings. The number of aryl methyl sites for hydroxylation is 1. The second kappa shape index (κ2) is 5.75. The van der Waals surface area contributed by atoms with Gasteiger partial charge >= 0.3 is 5.97 Å². The van der Waals surface area contributed by atoms with E-state index in [-0.39, 0.29) is 5.56 Å². The quantitative estimate of drug-likeness (QED) is 0.794. The monoisotopic (exact) mass is 316 g/mol. The van der Waals surface area contributed by atoms with Gasteiger partial charge in [0.1, 0.15) is 0 Å². The Morgan fingerprint density at radius 2 is 2.10 bits per heavy atom. The summed E-state index contributed by atoms with van der Waals surface area (Å²) in [5.74, 6) is -0.926. The fraction of sp³-hybridized carbons (Fsp3) is 0.133. The molecule has 0 radical (unpaired) electrons. The van der Waals surface area contributed by atoms with Crippen LogP contribution < -0.4 is 0 Å². The Balaban J connectivity index is 1.84. The third-order valence-electron chi connectivity index (χ3n) is 2.96. The molecular formula is C15H12N2O2S2. The van der Waals surface area contributed by atoms with Crippen molar-refractivity contribution in [1.29, 1.82) is 0 Å². The Hall–Kier alpha value is -2.05. The number of aromatic carboxylic acids is 1. The highest BCUT2D eigenvalue weighted by molar-refractivity contribution is 7.10. The maximum absolute atomic E-state index is 11.0. The fourth-order valence-corrected chi connectivity index (χ4v) is 3.41. The fourth-order valence-electron chi connectivity index (χ4n) is 1.98. The maximum Gasteiger partial charge on any atom is 0.335 e. The van der Waals surface area contributed by atoms with E-state index in [1.807, 2.05) is 23.8 Å². The van der Waals surface area contributed by atoms with Crippen LogP contribution in [0.5, 0.6) is 0 Å². The van der Waals surface area contributed by atoms with Crippen LogP contribution in [-0.2, 0) is 6.42 Å². The summed E-state index contributed by atoms with van der Waals surface area (Å²) in [5, 5.41) is 15.1. The van der Waals surface area contributed by atoms with E-state index in [9.17, 15) is 4.79 Å². The average molecular weight is 316 g/mol. The van der Waals surface area contributed by atoms with E-state index in [2.05, 4.69) is 9.97 Å². The lowest BCUT2D eigenvalue weighted by Crippen LogP contribution is -1.95. The number of carboxylic acid groups (broad SMARTS) is 1. The molecule has 2 aromatic heterocycles. The summed E-state index contributed by atoms with van der Waals surface area (Å²) in [5.41, 5.74) is 2.94. The van der Waals surface area contributed by atoms with Gasteiger partial charge in [-0.25, -0.2) is 14.8 Å². The molecule has 1 N–H and O–H groups in total. The summed E-state index contributed by atoms with van der Waals surface area (Å²) >= 11 is 3.20. The Bertz CT molecular complexity index is 792. The Kier molecular flexibility index (Phi) is 3.81. The summed E-state index contributed by atoms with van der Waals surface area (Å²) in [6.45, 7) is 1.98. The number of rotatable bonds is 4. The van der Waals surface area contributed by atoms with Crippen molar-refractivity contribution in [2.75, 3.05) is 0 Å². The van der Waals surface area contributed by atoms with Crippen molar-refractivity contribution in [3.63, 3.8) is 0 Å². The summed E-state index contributed by atoms with van der Waals surface area (Å²) in [6.07, 6.45) is 0.716. The molecule has 0 aliphatic heterocycles. The first-order chi connectivity index (χ1) is 10.1. The van der Waals surface area contributed by atoms with Crippen LogP contribution in [0, 0.1) is 6.92 Å². The lowest BCUT2D eigenvalue weighted by atomic mass is 10.1. The molecule has 0 aliphatic carbocycles. The molecule has 3 rings (SSSR count). The number of nitrogens with zero attached hydrogens (tertiary/aromatic N) is 2. The van der Waals surface area contributed by atoms with Crippen molar-refractivity contribution in [3.8, 4) is 11.3 Å². The largest absolute Gasteiger partial charge is 0.478 e. The first-order valence-corrected chi connectivity index (χ1v) is 8.07. The van der Waals surface area contributed by atoms with Crippen LogP contribution in [0.1, 0.15) is 26.1 Å². The number of aromatic nitrogens is 2. The number of hydrogen-bond acceptors (Lipinski definition) is 5. The molecule has 0 saturated carbocycles. The second-order valence-electron chi connectivity index (χ2n) is 4.55. The lowest BCUT2D eigenvalue weighted by Gasteiger charge is -1.98. The van der Waals surface area contributed by atoms with Crippen molar-refractivity contribution in [1.82, 2.24) is 9.97 Å². The van der Waals surface area contributed by atoms with Gasteiger partial charge < -0.3 is 5.11 Å². The third kappa shape index (κ3) is 3.17. The van der Waals surface area contributed by atoms with Crippen molar-refractivity contribution < 1.29 is 9.90 Å². The number of benzene rings is 1. The lowest BCUT2D eigenvalue weighted by molar-refractivity contribution is 0.0697. The van der Waals surface area contributed by atoms with Gasteiger partial charge in [-0.3, -0.25) is 0 Å². The molecule has 0 fully saturated rings. The van der Waals surface area contributed by atoms with Gasteiger partial charge in [-0.05, 0) is 19.1 Å². The molecule has 2 heterocycles. The van der Waals surface area contributed by atoms with E-state index < -0.39 is 5.97 Å². The first-order valence-electron chi connectivity index (χ1n) is 6.31. The average Bonchev–Trinajstić information content (AvgIpc) is 3.09. The standard InChI is InChI=1S/C15H12N2O2S2/c1-9-16-12(7-20-9)6-14-17-13(8-21-14)10-3-2-4-11(5-10)15(18)19/h2-5,7-8H,6H2,1H3,(H,18,19). The van der Waals surface area contributed by atoms with E-state index in [4.69, 9.17) is 5.11 Å². The minimum Gasteiger partial charge on any atom is -0.478 e. The van der Waals surface area contributed by atoms with Crippen molar-refractivity contribution in [3.05, 3.63) is 56.3 Å². The third-order valence-corrected chi connectivity index (χ3v) is 4.63. The molecule has 0 atom stereocenters. The van der Waals surface area contributed by atoms with Gasteiger partial charge in [0.15, 0.2) is 0 Å². The highest BCUT2D eigenvalue weighted by Gasteiger charge is 2.09. The predicted molar refractivity (Wildman–Crippen MR) is 84.2 cm³/mol.